The van der Waals surface area contributed by atoms with Gasteiger partial charge < -0.3 is 14.5 Å². The predicted octanol–water partition coefficient (Wildman–Crippen LogP) is 1.54. The highest BCUT2D eigenvalue weighted by Crippen LogP contribution is 2.28. The summed E-state index contributed by atoms with van der Waals surface area (Å²) in [5, 5.41) is 0.496. The molecule has 1 aromatic carbocycles. The zero-order chi connectivity index (χ0) is 25.3. The number of carbonyl (C=O) groups excluding carboxylic acids is 2. The minimum Gasteiger partial charge on any atom is -0.379 e. The third-order valence-electron chi connectivity index (χ3n) is 6.99. The molecular formula is C23H30ClN5O5S2. The Balaban J connectivity index is 1.21. The summed E-state index contributed by atoms with van der Waals surface area (Å²) < 4.78 is 34.5. The van der Waals surface area contributed by atoms with Crippen molar-refractivity contribution in [2.75, 3.05) is 52.5 Å². The van der Waals surface area contributed by atoms with Crippen LogP contribution in [0.5, 0.6) is 0 Å². The number of nitrogens with zero attached hydrogens (tertiary/aromatic N) is 4. The van der Waals surface area contributed by atoms with Crippen molar-refractivity contribution in [2.24, 2.45) is 0 Å². The lowest BCUT2D eigenvalue weighted by molar-refractivity contribution is -0.143. The molecule has 10 nitrogen and oxygen atoms in total. The Kier molecular flexibility index (Phi) is 7.80. The topological polar surface area (TPSA) is 112 Å². The maximum Gasteiger partial charge on any atom is 0.268 e. The molecular weight excluding hydrogens is 526 g/mol. The van der Waals surface area contributed by atoms with Gasteiger partial charge in [-0.3, -0.25) is 14.5 Å². The fourth-order valence-corrected chi connectivity index (χ4v) is 7.86. The number of hydrogen-bond acceptors (Lipinski definition) is 8. The Morgan fingerprint density at radius 2 is 1.94 bits per heavy atom. The van der Waals surface area contributed by atoms with E-state index in [9.17, 15) is 18.0 Å². The van der Waals surface area contributed by atoms with Gasteiger partial charge in [0.05, 0.1) is 30.0 Å². The first-order valence-electron chi connectivity index (χ1n) is 12.3. The molecule has 3 fully saturated rings. The van der Waals surface area contributed by atoms with Gasteiger partial charge in [0.15, 0.2) is 0 Å². The van der Waals surface area contributed by atoms with Crippen molar-refractivity contribution in [3.8, 4) is 0 Å². The molecule has 2 atom stereocenters. The van der Waals surface area contributed by atoms with Crippen molar-refractivity contribution in [2.45, 2.75) is 42.1 Å². The fraction of sp³-hybridized carbons (Fsp3) is 0.609. The van der Waals surface area contributed by atoms with Crippen LogP contribution in [-0.2, 0) is 24.3 Å². The minimum absolute atomic E-state index is 0.0314. The van der Waals surface area contributed by atoms with Crippen molar-refractivity contribution in [3.05, 3.63) is 23.2 Å². The number of carbonyl (C=O) groups is 2. The quantitative estimate of drug-likeness (QED) is 0.551. The van der Waals surface area contributed by atoms with Crippen LogP contribution >= 0.6 is 22.9 Å². The van der Waals surface area contributed by atoms with Gasteiger partial charge in [-0.15, -0.1) is 11.3 Å². The van der Waals surface area contributed by atoms with Crippen LogP contribution in [0, 0.1) is 0 Å². The molecule has 196 valence electrons. The van der Waals surface area contributed by atoms with E-state index in [1.165, 1.54) is 4.90 Å². The number of amides is 2. The molecule has 1 N–H and O–H groups in total. The smallest absolute Gasteiger partial charge is 0.268 e. The molecule has 0 spiro atoms. The number of sulfonamides is 1. The summed E-state index contributed by atoms with van der Waals surface area (Å²) in [7, 11) is -4.00. The van der Waals surface area contributed by atoms with Crippen LogP contribution in [0.2, 0.25) is 5.02 Å². The number of benzene rings is 1. The number of thiazole rings is 1. The van der Waals surface area contributed by atoms with Crippen LogP contribution in [-0.4, -0.2) is 104 Å². The maximum absolute atomic E-state index is 13.2. The molecule has 4 heterocycles. The third kappa shape index (κ3) is 5.68. The highest BCUT2D eigenvalue weighted by molar-refractivity contribution is 7.91. The molecule has 2 aromatic rings. The number of likely N-dealkylation sites (tertiary alicyclic amines) is 2. The van der Waals surface area contributed by atoms with Crippen LogP contribution in [0.4, 0.5) is 0 Å². The number of halogens is 1. The molecule has 0 saturated carbocycles. The van der Waals surface area contributed by atoms with Crippen molar-refractivity contribution >= 4 is 55.0 Å². The lowest BCUT2D eigenvalue weighted by Crippen LogP contribution is -2.55. The Morgan fingerprint density at radius 1 is 1.17 bits per heavy atom. The zero-order valence-electron chi connectivity index (χ0n) is 19.9. The first kappa shape index (κ1) is 25.8. The second-order valence-electron chi connectivity index (χ2n) is 9.46. The molecule has 3 aliphatic heterocycles. The van der Waals surface area contributed by atoms with Crippen LogP contribution in [0.15, 0.2) is 22.5 Å². The van der Waals surface area contributed by atoms with E-state index in [2.05, 4.69) is 14.6 Å². The summed E-state index contributed by atoms with van der Waals surface area (Å²) in [5.74, 6) is -0.447. The Hall–Kier alpha value is -1.83. The van der Waals surface area contributed by atoms with Crippen molar-refractivity contribution in [1.82, 2.24) is 24.4 Å². The molecule has 3 aliphatic rings. The SMILES string of the molecule is O=C1[C@@H](NS(=O)(=O)c2nc3ccc(Cl)cc3s2)CCCN1CC(=O)N1CCC[C@H]1CN1CCOCC1. The highest BCUT2D eigenvalue weighted by Gasteiger charge is 2.37. The lowest BCUT2D eigenvalue weighted by atomic mass is 10.1. The molecule has 3 saturated heterocycles. The number of ether oxygens (including phenoxy) is 1. The van der Waals surface area contributed by atoms with Gasteiger partial charge in [-0.2, -0.15) is 4.72 Å². The second kappa shape index (κ2) is 10.9. The summed E-state index contributed by atoms with van der Waals surface area (Å²) in [4.78, 5) is 36.3. The molecule has 0 bridgehead atoms. The molecule has 36 heavy (non-hydrogen) atoms. The number of hydrogen-bond donors (Lipinski definition) is 1. The van der Waals surface area contributed by atoms with E-state index < -0.39 is 16.1 Å². The summed E-state index contributed by atoms with van der Waals surface area (Å²) in [6.07, 6.45) is 2.89. The van der Waals surface area contributed by atoms with E-state index in [1.54, 1.807) is 18.2 Å². The number of piperidine rings is 1. The van der Waals surface area contributed by atoms with Gasteiger partial charge in [0.2, 0.25) is 16.2 Å². The van der Waals surface area contributed by atoms with Crippen molar-refractivity contribution < 1.29 is 22.7 Å². The van der Waals surface area contributed by atoms with E-state index >= 15 is 0 Å². The first-order valence-corrected chi connectivity index (χ1v) is 14.9. The third-order valence-corrected chi connectivity index (χ3v) is 10.1. The Bertz CT molecular complexity index is 1230. The van der Waals surface area contributed by atoms with Crippen molar-refractivity contribution in [1.29, 1.82) is 0 Å². The number of morpholine rings is 1. The normalized spacial score (nSPS) is 24.1. The molecule has 5 rings (SSSR count). The van der Waals surface area contributed by atoms with Gasteiger partial charge in [-0.25, -0.2) is 13.4 Å². The average molecular weight is 556 g/mol. The van der Waals surface area contributed by atoms with Gasteiger partial charge in [-0.05, 0) is 43.9 Å². The maximum atomic E-state index is 13.2. The molecule has 13 heteroatoms. The molecule has 2 amide bonds. The number of fused-ring (bicyclic) bond motifs is 1. The standard InChI is InChI=1S/C23H30ClN5O5S2/c24-16-5-6-18-20(13-16)35-23(25-18)36(32,33)26-19-4-2-7-28(22(19)31)15-21(30)29-8-1-3-17(29)14-27-9-11-34-12-10-27/h5-6,13,17,19,26H,1-4,7-12,14-15H2/t17-,19-/m0/s1. The number of nitrogens with one attached hydrogen (secondary N) is 1. The summed E-state index contributed by atoms with van der Waals surface area (Å²) in [6.45, 7) is 5.07. The van der Waals surface area contributed by atoms with Gasteiger partial charge in [0.25, 0.3) is 10.0 Å². The summed E-state index contributed by atoms with van der Waals surface area (Å²) in [6, 6.07) is 4.19. The molecule has 0 aliphatic carbocycles. The van der Waals surface area contributed by atoms with E-state index in [0.717, 1.165) is 43.8 Å². The number of aromatic nitrogens is 1. The largest absolute Gasteiger partial charge is 0.379 e. The van der Waals surface area contributed by atoms with Crippen molar-refractivity contribution in [3.63, 3.8) is 0 Å². The lowest BCUT2D eigenvalue weighted by Gasteiger charge is -2.35. The molecule has 1 aromatic heterocycles. The zero-order valence-corrected chi connectivity index (χ0v) is 22.3. The van der Waals surface area contributed by atoms with Crippen LogP contribution in [0.3, 0.4) is 0 Å². The second-order valence-corrected chi connectivity index (χ2v) is 12.8. The molecule has 0 unspecified atom stereocenters. The van der Waals surface area contributed by atoms with E-state index in [-0.39, 0.29) is 28.7 Å². The van der Waals surface area contributed by atoms with E-state index in [1.807, 2.05) is 4.90 Å². The van der Waals surface area contributed by atoms with Gasteiger partial charge >= 0.3 is 0 Å². The highest BCUT2D eigenvalue weighted by atomic mass is 35.5. The first-order chi connectivity index (χ1) is 17.3. The van der Waals surface area contributed by atoms with Gasteiger partial charge in [0.1, 0.15) is 6.04 Å². The predicted molar refractivity (Wildman–Crippen MR) is 137 cm³/mol. The average Bonchev–Trinajstić information content (AvgIpc) is 3.49. The Morgan fingerprint density at radius 3 is 2.75 bits per heavy atom. The Labute approximate surface area is 219 Å². The van der Waals surface area contributed by atoms with E-state index in [0.29, 0.717) is 54.4 Å². The minimum atomic E-state index is -4.00. The van der Waals surface area contributed by atoms with E-state index in [4.69, 9.17) is 16.3 Å². The van der Waals surface area contributed by atoms with Crippen LogP contribution < -0.4 is 4.72 Å². The fourth-order valence-electron chi connectivity index (χ4n) is 5.13. The summed E-state index contributed by atoms with van der Waals surface area (Å²) >= 11 is 7.01. The molecule has 0 radical (unpaired) electrons. The van der Waals surface area contributed by atoms with Crippen LogP contribution in [0.25, 0.3) is 10.2 Å². The number of rotatable bonds is 7. The monoisotopic (exact) mass is 555 g/mol. The van der Waals surface area contributed by atoms with Crippen LogP contribution in [0.1, 0.15) is 25.7 Å². The van der Waals surface area contributed by atoms with Gasteiger partial charge in [-0.1, -0.05) is 11.6 Å². The summed E-state index contributed by atoms with van der Waals surface area (Å²) in [5.41, 5.74) is 0.532. The van der Waals surface area contributed by atoms with Gasteiger partial charge in [0, 0.05) is 43.8 Å².